The van der Waals surface area contributed by atoms with Crippen LogP contribution in [0.15, 0.2) is 24.3 Å². The number of aliphatic carboxylic acids is 1. The van der Waals surface area contributed by atoms with Crippen molar-refractivity contribution in [1.82, 2.24) is 5.32 Å². The molecular formula is C12H14FNO3S. The number of carboxylic acid groups (broad SMARTS) is 1. The highest BCUT2D eigenvalue weighted by atomic mass is 32.2. The van der Waals surface area contributed by atoms with Gasteiger partial charge in [-0.2, -0.15) is 0 Å². The third-order valence-corrected chi connectivity index (χ3v) is 3.91. The SMILES string of the molecule is O=C(O)C1CSC(CCOc2ccc(F)cc2)N1. The van der Waals surface area contributed by atoms with E-state index >= 15 is 0 Å². The molecule has 1 aliphatic rings. The van der Waals surface area contributed by atoms with E-state index in [9.17, 15) is 9.18 Å². The van der Waals surface area contributed by atoms with Crippen molar-refractivity contribution in [2.45, 2.75) is 17.8 Å². The summed E-state index contributed by atoms with van der Waals surface area (Å²) in [6.07, 6.45) is 0.714. The first-order valence-corrected chi connectivity index (χ1v) is 6.69. The van der Waals surface area contributed by atoms with Gasteiger partial charge >= 0.3 is 5.97 Å². The molecule has 0 radical (unpaired) electrons. The van der Waals surface area contributed by atoms with Gasteiger partial charge in [-0.05, 0) is 24.3 Å². The summed E-state index contributed by atoms with van der Waals surface area (Å²) < 4.78 is 18.1. The Balaban J connectivity index is 1.70. The van der Waals surface area contributed by atoms with E-state index in [1.54, 1.807) is 23.9 Å². The van der Waals surface area contributed by atoms with Crippen LogP contribution >= 0.6 is 11.8 Å². The second-order valence-corrected chi connectivity index (χ2v) is 5.21. The maximum Gasteiger partial charge on any atom is 0.321 e. The number of thioether (sulfide) groups is 1. The molecule has 1 heterocycles. The summed E-state index contributed by atoms with van der Waals surface area (Å²) in [4.78, 5) is 10.7. The third-order valence-electron chi connectivity index (χ3n) is 2.61. The van der Waals surface area contributed by atoms with Crippen LogP contribution in [0.5, 0.6) is 5.75 Å². The van der Waals surface area contributed by atoms with Gasteiger partial charge in [0.15, 0.2) is 0 Å². The van der Waals surface area contributed by atoms with Crippen LogP contribution in [0, 0.1) is 5.82 Å². The van der Waals surface area contributed by atoms with Gasteiger partial charge in [-0.3, -0.25) is 10.1 Å². The lowest BCUT2D eigenvalue weighted by molar-refractivity contribution is -0.138. The number of benzene rings is 1. The Morgan fingerprint density at radius 1 is 1.50 bits per heavy atom. The first-order chi connectivity index (χ1) is 8.65. The second-order valence-electron chi connectivity index (χ2n) is 3.97. The van der Waals surface area contributed by atoms with Crippen LogP contribution in [0.25, 0.3) is 0 Å². The van der Waals surface area contributed by atoms with E-state index in [0.717, 1.165) is 0 Å². The van der Waals surface area contributed by atoms with E-state index in [1.165, 1.54) is 12.1 Å². The van der Waals surface area contributed by atoms with Gasteiger partial charge in [-0.25, -0.2) is 4.39 Å². The summed E-state index contributed by atoms with van der Waals surface area (Å²) in [6, 6.07) is 5.37. The van der Waals surface area contributed by atoms with Crippen LogP contribution in [0.4, 0.5) is 4.39 Å². The number of carboxylic acids is 1. The quantitative estimate of drug-likeness (QED) is 0.854. The molecule has 0 spiro atoms. The Morgan fingerprint density at radius 3 is 2.83 bits per heavy atom. The van der Waals surface area contributed by atoms with Crippen molar-refractivity contribution < 1.29 is 19.0 Å². The zero-order chi connectivity index (χ0) is 13.0. The first kappa shape index (κ1) is 13.2. The van der Waals surface area contributed by atoms with Crippen molar-refractivity contribution in [2.24, 2.45) is 0 Å². The van der Waals surface area contributed by atoms with E-state index in [4.69, 9.17) is 9.84 Å². The molecule has 1 aromatic rings. The van der Waals surface area contributed by atoms with Gasteiger partial charge in [-0.1, -0.05) is 0 Å². The highest BCUT2D eigenvalue weighted by Crippen LogP contribution is 2.22. The van der Waals surface area contributed by atoms with Crippen molar-refractivity contribution in [1.29, 1.82) is 0 Å². The zero-order valence-electron chi connectivity index (χ0n) is 9.64. The molecule has 1 aliphatic heterocycles. The number of halogens is 1. The minimum absolute atomic E-state index is 0.103. The Hall–Kier alpha value is -1.27. The monoisotopic (exact) mass is 271 g/mol. The van der Waals surface area contributed by atoms with Crippen LogP contribution in [-0.4, -0.2) is 34.9 Å². The van der Waals surface area contributed by atoms with Crippen molar-refractivity contribution >= 4 is 17.7 Å². The van der Waals surface area contributed by atoms with Gasteiger partial charge in [0, 0.05) is 12.2 Å². The molecule has 1 fully saturated rings. The van der Waals surface area contributed by atoms with Crippen molar-refractivity contribution in [2.75, 3.05) is 12.4 Å². The molecule has 18 heavy (non-hydrogen) atoms. The average molecular weight is 271 g/mol. The summed E-state index contributed by atoms with van der Waals surface area (Å²) in [5.41, 5.74) is 0. The summed E-state index contributed by atoms with van der Waals surface area (Å²) in [5.74, 6) is 0.0922. The van der Waals surface area contributed by atoms with Crippen LogP contribution in [0.2, 0.25) is 0 Å². The molecule has 2 unspecified atom stereocenters. The highest BCUT2D eigenvalue weighted by Gasteiger charge is 2.28. The van der Waals surface area contributed by atoms with Crippen molar-refractivity contribution in [3.63, 3.8) is 0 Å². The summed E-state index contributed by atoms with van der Waals surface area (Å²) in [5, 5.41) is 11.9. The fraction of sp³-hybridized carbons (Fsp3) is 0.417. The maximum absolute atomic E-state index is 12.6. The van der Waals surface area contributed by atoms with Crippen molar-refractivity contribution in [3.05, 3.63) is 30.1 Å². The molecule has 1 saturated heterocycles. The molecule has 4 nitrogen and oxygen atoms in total. The number of carbonyl (C=O) groups is 1. The highest BCUT2D eigenvalue weighted by molar-refractivity contribution is 8.00. The fourth-order valence-electron chi connectivity index (χ4n) is 1.66. The summed E-state index contributed by atoms with van der Waals surface area (Å²) >= 11 is 1.58. The lowest BCUT2D eigenvalue weighted by atomic mass is 10.3. The van der Waals surface area contributed by atoms with Crippen molar-refractivity contribution in [3.8, 4) is 5.75 Å². The van der Waals surface area contributed by atoms with Crippen LogP contribution in [-0.2, 0) is 4.79 Å². The number of ether oxygens (including phenoxy) is 1. The number of rotatable bonds is 5. The number of nitrogens with one attached hydrogen (secondary N) is 1. The predicted molar refractivity (Wildman–Crippen MR) is 67.3 cm³/mol. The van der Waals surface area contributed by atoms with Crippen LogP contribution in [0.3, 0.4) is 0 Å². The summed E-state index contributed by atoms with van der Waals surface area (Å²) in [6.45, 7) is 0.475. The molecular weight excluding hydrogens is 257 g/mol. The molecule has 2 atom stereocenters. The van der Waals surface area contributed by atoms with Gasteiger partial charge in [0.2, 0.25) is 0 Å². The van der Waals surface area contributed by atoms with Gasteiger partial charge in [-0.15, -0.1) is 11.8 Å². The average Bonchev–Trinajstić information content (AvgIpc) is 2.81. The largest absolute Gasteiger partial charge is 0.494 e. The molecule has 0 aliphatic carbocycles. The van der Waals surface area contributed by atoms with Gasteiger partial charge in [0.05, 0.1) is 12.0 Å². The molecule has 6 heteroatoms. The Labute approximate surface area is 109 Å². The van der Waals surface area contributed by atoms with Gasteiger partial charge in [0.25, 0.3) is 0 Å². The predicted octanol–water partition coefficient (Wildman–Crippen LogP) is 1.71. The molecule has 0 saturated carbocycles. The Morgan fingerprint density at radius 2 is 2.22 bits per heavy atom. The van der Waals surface area contributed by atoms with E-state index in [2.05, 4.69) is 5.32 Å². The summed E-state index contributed by atoms with van der Waals surface area (Å²) in [7, 11) is 0. The molecule has 2 rings (SSSR count). The normalized spacial score (nSPS) is 22.9. The van der Waals surface area contributed by atoms with Gasteiger partial charge < -0.3 is 9.84 Å². The minimum Gasteiger partial charge on any atom is -0.494 e. The van der Waals surface area contributed by atoms with E-state index in [-0.39, 0.29) is 11.2 Å². The van der Waals surface area contributed by atoms with E-state index in [0.29, 0.717) is 24.5 Å². The maximum atomic E-state index is 12.6. The number of hydrogen-bond donors (Lipinski definition) is 2. The molecule has 0 bridgehead atoms. The lowest BCUT2D eigenvalue weighted by Gasteiger charge is -2.11. The second kappa shape index (κ2) is 6.06. The zero-order valence-corrected chi connectivity index (χ0v) is 10.5. The number of hydrogen-bond acceptors (Lipinski definition) is 4. The Bertz CT molecular complexity index is 412. The topological polar surface area (TPSA) is 58.6 Å². The molecule has 1 aromatic carbocycles. The third kappa shape index (κ3) is 3.61. The molecule has 0 aromatic heterocycles. The standard InChI is InChI=1S/C12H14FNO3S/c13-8-1-3-9(4-2-8)17-6-5-11-14-10(7-18-11)12(15)16/h1-4,10-11,14H,5-7H2,(H,15,16). The molecule has 98 valence electrons. The minimum atomic E-state index is -0.815. The van der Waals surface area contributed by atoms with E-state index in [1.807, 2.05) is 0 Å². The Kier molecular flexibility index (Phi) is 4.43. The molecule has 2 N–H and O–H groups in total. The fourth-order valence-corrected chi connectivity index (χ4v) is 2.84. The lowest BCUT2D eigenvalue weighted by Crippen LogP contribution is -2.36. The first-order valence-electron chi connectivity index (χ1n) is 5.64. The van der Waals surface area contributed by atoms with E-state index < -0.39 is 12.0 Å². The molecule has 0 amide bonds. The van der Waals surface area contributed by atoms with Crippen LogP contribution in [0.1, 0.15) is 6.42 Å². The van der Waals surface area contributed by atoms with Crippen LogP contribution < -0.4 is 10.1 Å². The smallest absolute Gasteiger partial charge is 0.321 e. The van der Waals surface area contributed by atoms with Gasteiger partial charge in [0.1, 0.15) is 17.6 Å².